The van der Waals surface area contributed by atoms with Crippen molar-refractivity contribution in [1.82, 2.24) is 0 Å². The third-order valence-electron chi connectivity index (χ3n) is 2.27. The van der Waals surface area contributed by atoms with Crippen LogP contribution in [0.3, 0.4) is 0 Å². The fourth-order valence-corrected chi connectivity index (χ4v) is 1.24. The van der Waals surface area contributed by atoms with Gasteiger partial charge in [-0.1, -0.05) is 6.07 Å². The number of phenols is 2. The SMILES string of the molecule is Cl.N[C@@](CO)(Cc1ccc(O)c(O)c1)C(=O)O. The van der Waals surface area contributed by atoms with Gasteiger partial charge in [-0.25, -0.2) is 0 Å². The summed E-state index contributed by atoms with van der Waals surface area (Å²) in [7, 11) is 0. The second-order valence-corrected chi connectivity index (χ2v) is 3.62. The lowest BCUT2D eigenvalue weighted by Crippen LogP contribution is -2.53. The zero-order valence-corrected chi connectivity index (χ0v) is 9.65. The Balaban J connectivity index is 0.00000256. The molecule has 0 fully saturated rings. The van der Waals surface area contributed by atoms with Gasteiger partial charge in [0, 0.05) is 6.42 Å². The van der Waals surface area contributed by atoms with Crippen LogP contribution in [0, 0.1) is 0 Å². The molecule has 0 saturated heterocycles. The molecule has 0 saturated carbocycles. The van der Waals surface area contributed by atoms with Crippen molar-refractivity contribution in [3.05, 3.63) is 23.8 Å². The summed E-state index contributed by atoms with van der Waals surface area (Å²) in [5.41, 5.74) is 4.09. The maximum atomic E-state index is 10.8. The van der Waals surface area contributed by atoms with E-state index in [4.69, 9.17) is 21.1 Å². The zero-order valence-electron chi connectivity index (χ0n) is 8.83. The summed E-state index contributed by atoms with van der Waals surface area (Å²) in [6.45, 7) is -0.718. The van der Waals surface area contributed by atoms with Gasteiger partial charge in [0.25, 0.3) is 0 Å². The third kappa shape index (κ3) is 3.48. The van der Waals surface area contributed by atoms with Crippen LogP contribution < -0.4 is 5.73 Å². The fourth-order valence-electron chi connectivity index (χ4n) is 1.24. The summed E-state index contributed by atoms with van der Waals surface area (Å²) in [4.78, 5) is 10.8. The fraction of sp³-hybridized carbons (Fsp3) is 0.300. The Morgan fingerprint density at radius 3 is 2.29 bits per heavy atom. The summed E-state index contributed by atoms with van der Waals surface area (Å²) in [5, 5.41) is 36.0. The summed E-state index contributed by atoms with van der Waals surface area (Å²) in [5.74, 6) is -1.99. The normalized spacial score (nSPS) is 13.5. The van der Waals surface area contributed by atoms with Gasteiger partial charge in [-0.05, 0) is 17.7 Å². The first-order valence-corrected chi connectivity index (χ1v) is 4.53. The van der Waals surface area contributed by atoms with Crippen molar-refractivity contribution in [2.75, 3.05) is 6.61 Å². The van der Waals surface area contributed by atoms with Crippen LogP contribution in [-0.4, -0.2) is 38.5 Å². The molecule has 0 aliphatic heterocycles. The predicted octanol–water partition coefficient (Wildman–Crippen LogP) is -0.164. The molecular weight excluding hydrogens is 250 g/mol. The first-order chi connectivity index (χ1) is 7.39. The highest BCUT2D eigenvalue weighted by Gasteiger charge is 2.33. The average Bonchev–Trinajstić information content (AvgIpc) is 2.23. The van der Waals surface area contributed by atoms with Crippen LogP contribution >= 0.6 is 12.4 Å². The maximum absolute atomic E-state index is 10.8. The van der Waals surface area contributed by atoms with E-state index in [1.807, 2.05) is 0 Å². The van der Waals surface area contributed by atoms with E-state index in [-0.39, 0.29) is 30.3 Å². The number of carboxylic acid groups (broad SMARTS) is 1. The number of carboxylic acids is 1. The Morgan fingerprint density at radius 2 is 1.88 bits per heavy atom. The highest BCUT2D eigenvalue weighted by Crippen LogP contribution is 2.26. The van der Waals surface area contributed by atoms with Crippen molar-refractivity contribution in [3.63, 3.8) is 0 Å². The molecule has 0 amide bonds. The largest absolute Gasteiger partial charge is 0.504 e. The van der Waals surface area contributed by atoms with E-state index in [0.29, 0.717) is 5.56 Å². The van der Waals surface area contributed by atoms with Crippen molar-refractivity contribution in [2.24, 2.45) is 5.73 Å². The lowest BCUT2D eigenvalue weighted by atomic mass is 9.92. The molecule has 0 heterocycles. The minimum Gasteiger partial charge on any atom is -0.504 e. The van der Waals surface area contributed by atoms with Gasteiger partial charge in [0.15, 0.2) is 11.5 Å². The molecule has 0 aromatic heterocycles. The van der Waals surface area contributed by atoms with Crippen LogP contribution in [0.1, 0.15) is 5.56 Å². The van der Waals surface area contributed by atoms with Crippen molar-refractivity contribution < 1.29 is 25.2 Å². The van der Waals surface area contributed by atoms with Gasteiger partial charge >= 0.3 is 5.97 Å². The molecule has 0 aliphatic rings. The number of nitrogens with two attached hydrogens (primary N) is 1. The second kappa shape index (κ2) is 5.72. The van der Waals surface area contributed by atoms with Gasteiger partial charge in [-0.2, -0.15) is 0 Å². The van der Waals surface area contributed by atoms with Gasteiger partial charge in [0.2, 0.25) is 0 Å². The van der Waals surface area contributed by atoms with E-state index in [2.05, 4.69) is 0 Å². The van der Waals surface area contributed by atoms with Crippen molar-refractivity contribution in [1.29, 1.82) is 0 Å². The van der Waals surface area contributed by atoms with Crippen molar-refractivity contribution in [2.45, 2.75) is 12.0 Å². The van der Waals surface area contributed by atoms with Crippen LogP contribution in [-0.2, 0) is 11.2 Å². The average molecular weight is 264 g/mol. The Kier molecular flexibility index (Phi) is 5.21. The number of aromatic hydroxyl groups is 2. The van der Waals surface area contributed by atoms with Crippen LogP contribution in [0.2, 0.25) is 0 Å². The van der Waals surface area contributed by atoms with Crippen molar-refractivity contribution >= 4 is 18.4 Å². The first-order valence-electron chi connectivity index (χ1n) is 4.53. The van der Waals surface area contributed by atoms with E-state index in [0.717, 1.165) is 0 Å². The number of rotatable bonds is 4. The zero-order chi connectivity index (χ0) is 12.3. The molecule has 0 radical (unpaired) electrons. The Labute approximate surface area is 104 Å². The summed E-state index contributed by atoms with van der Waals surface area (Å²) < 4.78 is 0. The van der Waals surface area contributed by atoms with Gasteiger partial charge in [0.1, 0.15) is 5.54 Å². The molecule has 1 aromatic rings. The third-order valence-corrected chi connectivity index (χ3v) is 2.27. The summed E-state index contributed by atoms with van der Waals surface area (Å²) >= 11 is 0. The lowest BCUT2D eigenvalue weighted by Gasteiger charge is -2.21. The van der Waals surface area contributed by atoms with E-state index in [1.165, 1.54) is 18.2 Å². The Hall–Kier alpha value is -1.50. The highest BCUT2D eigenvalue weighted by atomic mass is 35.5. The predicted molar refractivity (Wildman–Crippen MR) is 62.4 cm³/mol. The number of aliphatic hydroxyl groups is 1. The van der Waals surface area contributed by atoms with Crippen LogP contribution in [0.15, 0.2) is 18.2 Å². The summed E-state index contributed by atoms with van der Waals surface area (Å²) in [6, 6.07) is 3.86. The number of aliphatic carboxylic acids is 1. The monoisotopic (exact) mass is 263 g/mol. The minimum absolute atomic E-state index is 0. The quantitative estimate of drug-likeness (QED) is 0.481. The lowest BCUT2D eigenvalue weighted by molar-refractivity contribution is -0.144. The Bertz CT molecular complexity index is 412. The molecule has 0 unspecified atom stereocenters. The van der Waals surface area contributed by atoms with Crippen LogP contribution in [0.25, 0.3) is 0 Å². The molecule has 1 aromatic carbocycles. The first kappa shape index (κ1) is 15.5. The highest BCUT2D eigenvalue weighted by molar-refractivity contribution is 5.85. The molecule has 6 N–H and O–H groups in total. The summed E-state index contributed by atoms with van der Waals surface area (Å²) in [6.07, 6.45) is -0.146. The Morgan fingerprint density at radius 1 is 1.29 bits per heavy atom. The van der Waals surface area contributed by atoms with Crippen LogP contribution in [0.4, 0.5) is 0 Å². The number of hydrogen-bond acceptors (Lipinski definition) is 5. The van der Waals surface area contributed by atoms with Gasteiger partial charge in [-0.3, -0.25) is 4.79 Å². The number of carbonyl (C=O) groups is 1. The number of aliphatic hydroxyl groups excluding tert-OH is 1. The van der Waals surface area contributed by atoms with E-state index in [9.17, 15) is 9.90 Å². The number of phenolic OH excluding ortho intramolecular Hbond substituents is 2. The standard InChI is InChI=1S/C10H13NO5.ClH/c11-10(5-12,9(15)16)4-6-1-2-7(13)8(14)3-6;/h1-3,12-14H,4-5,11H2,(H,15,16);1H/t10-;/m1./s1. The minimum atomic E-state index is -1.79. The topological polar surface area (TPSA) is 124 Å². The molecule has 0 bridgehead atoms. The maximum Gasteiger partial charge on any atom is 0.326 e. The molecule has 17 heavy (non-hydrogen) atoms. The molecule has 1 rings (SSSR count). The molecule has 96 valence electrons. The second-order valence-electron chi connectivity index (χ2n) is 3.62. The van der Waals surface area contributed by atoms with Crippen LogP contribution in [0.5, 0.6) is 11.5 Å². The molecule has 7 heteroatoms. The molecular formula is C10H14ClNO5. The molecule has 0 spiro atoms. The molecule has 6 nitrogen and oxygen atoms in total. The van der Waals surface area contributed by atoms with Crippen molar-refractivity contribution in [3.8, 4) is 11.5 Å². The van der Waals surface area contributed by atoms with Gasteiger partial charge in [-0.15, -0.1) is 12.4 Å². The number of halogens is 1. The molecule has 1 atom stereocenters. The van der Waals surface area contributed by atoms with E-state index >= 15 is 0 Å². The molecule has 0 aliphatic carbocycles. The number of hydrogen-bond donors (Lipinski definition) is 5. The van der Waals surface area contributed by atoms with E-state index < -0.39 is 18.1 Å². The number of benzene rings is 1. The smallest absolute Gasteiger partial charge is 0.326 e. The van der Waals surface area contributed by atoms with Gasteiger partial charge < -0.3 is 26.2 Å². The van der Waals surface area contributed by atoms with Gasteiger partial charge in [0.05, 0.1) is 6.61 Å². The van der Waals surface area contributed by atoms with E-state index in [1.54, 1.807) is 0 Å².